The fourth-order valence-electron chi connectivity index (χ4n) is 2.03. The van der Waals surface area contributed by atoms with Gasteiger partial charge in [-0.3, -0.25) is 0 Å². The van der Waals surface area contributed by atoms with Crippen molar-refractivity contribution < 1.29 is 12.8 Å². The van der Waals surface area contributed by atoms with Gasteiger partial charge in [0.25, 0.3) is 0 Å². The third kappa shape index (κ3) is 2.86. The number of sulfone groups is 1. The maximum atomic E-state index is 11.3. The first kappa shape index (κ1) is 11.7. The van der Waals surface area contributed by atoms with Gasteiger partial charge in [0, 0.05) is 6.04 Å². The largest absolute Gasteiger partial charge is 0.468 e. The lowest BCUT2D eigenvalue weighted by atomic mass is 10.1. The molecule has 1 N–H and O–H groups in total. The van der Waals surface area contributed by atoms with Crippen LogP contribution in [0.3, 0.4) is 0 Å². The maximum absolute atomic E-state index is 11.3. The van der Waals surface area contributed by atoms with Crippen molar-refractivity contribution in [2.45, 2.75) is 31.8 Å². The Morgan fingerprint density at radius 3 is 2.69 bits per heavy atom. The SMILES string of the molecule is C[C@H](NC1CCS(=O)(=O)CC1)c1ccco1. The van der Waals surface area contributed by atoms with Gasteiger partial charge < -0.3 is 9.73 Å². The molecule has 0 unspecified atom stereocenters. The summed E-state index contributed by atoms with van der Waals surface area (Å²) in [7, 11) is -2.77. The molecule has 0 spiro atoms. The Morgan fingerprint density at radius 1 is 1.44 bits per heavy atom. The minimum Gasteiger partial charge on any atom is -0.468 e. The summed E-state index contributed by atoms with van der Waals surface area (Å²) in [4.78, 5) is 0. The van der Waals surface area contributed by atoms with Gasteiger partial charge in [-0.25, -0.2) is 8.42 Å². The normalized spacial score (nSPS) is 23.1. The standard InChI is InChI=1S/C11H17NO3S/c1-9(11-3-2-6-15-11)12-10-4-7-16(13,14)8-5-10/h2-3,6,9-10,12H,4-5,7-8H2,1H3/t9-/m0/s1. The van der Waals surface area contributed by atoms with Crippen LogP contribution in [0.25, 0.3) is 0 Å². The molecule has 5 heteroatoms. The van der Waals surface area contributed by atoms with Crippen molar-refractivity contribution in [2.75, 3.05) is 11.5 Å². The van der Waals surface area contributed by atoms with Crippen LogP contribution < -0.4 is 5.32 Å². The van der Waals surface area contributed by atoms with Crippen LogP contribution in [-0.4, -0.2) is 26.0 Å². The van der Waals surface area contributed by atoms with Crippen LogP contribution in [0.15, 0.2) is 22.8 Å². The molecule has 1 atom stereocenters. The Bertz CT molecular complexity index is 410. The number of hydrogen-bond acceptors (Lipinski definition) is 4. The van der Waals surface area contributed by atoms with Crippen molar-refractivity contribution in [1.29, 1.82) is 0 Å². The number of hydrogen-bond donors (Lipinski definition) is 1. The molecule has 1 aliphatic rings. The molecule has 16 heavy (non-hydrogen) atoms. The van der Waals surface area contributed by atoms with Crippen molar-refractivity contribution >= 4 is 9.84 Å². The van der Waals surface area contributed by atoms with Crippen molar-refractivity contribution in [2.24, 2.45) is 0 Å². The molecule has 0 bridgehead atoms. The molecule has 2 rings (SSSR count). The molecular formula is C11H17NO3S. The van der Waals surface area contributed by atoms with Crippen molar-refractivity contribution in [3.8, 4) is 0 Å². The molecule has 1 aliphatic heterocycles. The molecule has 2 heterocycles. The van der Waals surface area contributed by atoms with Crippen LogP contribution in [0.1, 0.15) is 31.6 Å². The summed E-state index contributed by atoms with van der Waals surface area (Å²) in [5.74, 6) is 1.50. The van der Waals surface area contributed by atoms with E-state index in [1.165, 1.54) is 0 Å². The van der Waals surface area contributed by atoms with E-state index in [1.54, 1.807) is 6.26 Å². The molecule has 1 aromatic heterocycles. The Morgan fingerprint density at radius 2 is 2.12 bits per heavy atom. The second-order valence-corrected chi connectivity index (χ2v) is 6.63. The molecule has 1 fully saturated rings. The van der Waals surface area contributed by atoms with E-state index >= 15 is 0 Å². The van der Waals surface area contributed by atoms with Gasteiger partial charge in [-0.1, -0.05) is 0 Å². The highest BCUT2D eigenvalue weighted by atomic mass is 32.2. The highest BCUT2D eigenvalue weighted by Gasteiger charge is 2.24. The lowest BCUT2D eigenvalue weighted by Gasteiger charge is -2.25. The third-order valence-corrected chi connectivity index (χ3v) is 4.73. The number of nitrogens with one attached hydrogen (secondary N) is 1. The molecule has 0 saturated carbocycles. The molecular weight excluding hydrogens is 226 g/mol. The molecule has 90 valence electrons. The van der Waals surface area contributed by atoms with Crippen molar-refractivity contribution in [1.82, 2.24) is 5.32 Å². The zero-order valence-corrected chi connectivity index (χ0v) is 10.2. The van der Waals surface area contributed by atoms with E-state index in [4.69, 9.17) is 4.42 Å². The summed E-state index contributed by atoms with van der Waals surface area (Å²) in [6.45, 7) is 2.03. The summed E-state index contributed by atoms with van der Waals surface area (Å²) in [5.41, 5.74) is 0. The van der Waals surface area contributed by atoms with Gasteiger partial charge in [0.05, 0.1) is 23.8 Å². The van der Waals surface area contributed by atoms with Crippen LogP contribution >= 0.6 is 0 Å². The first-order valence-electron chi connectivity index (χ1n) is 5.57. The highest BCUT2D eigenvalue weighted by Crippen LogP contribution is 2.18. The second kappa shape index (κ2) is 4.59. The fourth-order valence-corrected chi connectivity index (χ4v) is 3.52. The van der Waals surface area contributed by atoms with E-state index in [0.717, 1.165) is 5.76 Å². The predicted octanol–water partition coefficient (Wildman–Crippen LogP) is 1.51. The first-order chi connectivity index (χ1) is 7.57. The van der Waals surface area contributed by atoms with E-state index < -0.39 is 9.84 Å². The van der Waals surface area contributed by atoms with Crippen LogP contribution in [-0.2, 0) is 9.84 Å². The van der Waals surface area contributed by atoms with E-state index in [9.17, 15) is 8.42 Å². The molecule has 0 amide bonds. The first-order valence-corrected chi connectivity index (χ1v) is 7.39. The average molecular weight is 243 g/mol. The van der Waals surface area contributed by atoms with Gasteiger partial charge in [0.15, 0.2) is 0 Å². The maximum Gasteiger partial charge on any atom is 0.150 e. The lowest BCUT2D eigenvalue weighted by Crippen LogP contribution is -2.38. The van der Waals surface area contributed by atoms with Gasteiger partial charge in [-0.2, -0.15) is 0 Å². The quantitative estimate of drug-likeness (QED) is 0.874. The van der Waals surface area contributed by atoms with Crippen molar-refractivity contribution in [3.63, 3.8) is 0 Å². The van der Waals surface area contributed by atoms with E-state index in [1.807, 2.05) is 19.1 Å². The van der Waals surface area contributed by atoms with E-state index in [2.05, 4.69) is 5.32 Å². The lowest BCUT2D eigenvalue weighted by molar-refractivity contribution is 0.371. The molecule has 0 aromatic carbocycles. The van der Waals surface area contributed by atoms with Gasteiger partial charge in [0.1, 0.15) is 15.6 Å². The van der Waals surface area contributed by atoms with Gasteiger partial charge in [-0.15, -0.1) is 0 Å². The highest BCUT2D eigenvalue weighted by molar-refractivity contribution is 7.91. The summed E-state index contributed by atoms with van der Waals surface area (Å²) >= 11 is 0. The second-order valence-electron chi connectivity index (χ2n) is 4.33. The third-order valence-electron chi connectivity index (χ3n) is 3.01. The number of rotatable bonds is 3. The number of furan rings is 1. The monoisotopic (exact) mass is 243 g/mol. The predicted molar refractivity (Wildman–Crippen MR) is 61.9 cm³/mol. The van der Waals surface area contributed by atoms with Crippen LogP contribution in [0.2, 0.25) is 0 Å². The Labute approximate surface area is 95.9 Å². The minimum atomic E-state index is -2.77. The van der Waals surface area contributed by atoms with Gasteiger partial charge in [-0.05, 0) is 31.9 Å². The smallest absolute Gasteiger partial charge is 0.150 e. The molecule has 0 aliphatic carbocycles. The zero-order valence-electron chi connectivity index (χ0n) is 9.35. The summed E-state index contributed by atoms with van der Waals surface area (Å²) in [6, 6.07) is 4.21. The topological polar surface area (TPSA) is 59.3 Å². The Kier molecular flexibility index (Phi) is 3.35. The van der Waals surface area contributed by atoms with Crippen LogP contribution in [0, 0.1) is 0 Å². The molecule has 1 saturated heterocycles. The van der Waals surface area contributed by atoms with Crippen molar-refractivity contribution in [3.05, 3.63) is 24.2 Å². The summed E-state index contributed by atoms with van der Waals surface area (Å²) < 4.78 is 27.8. The molecule has 4 nitrogen and oxygen atoms in total. The minimum absolute atomic E-state index is 0.140. The summed E-state index contributed by atoms with van der Waals surface area (Å²) in [5, 5.41) is 3.40. The van der Waals surface area contributed by atoms with Crippen LogP contribution in [0.4, 0.5) is 0 Å². The molecule has 0 radical (unpaired) electrons. The van der Waals surface area contributed by atoms with Gasteiger partial charge >= 0.3 is 0 Å². The average Bonchev–Trinajstić information content (AvgIpc) is 2.74. The Balaban J connectivity index is 1.87. The fraction of sp³-hybridized carbons (Fsp3) is 0.636. The Hall–Kier alpha value is -0.810. The molecule has 1 aromatic rings. The van der Waals surface area contributed by atoms with E-state index in [0.29, 0.717) is 24.3 Å². The summed E-state index contributed by atoms with van der Waals surface area (Å²) in [6.07, 6.45) is 3.06. The van der Waals surface area contributed by atoms with Gasteiger partial charge in [0.2, 0.25) is 0 Å². The van der Waals surface area contributed by atoms with E-state index in [-0.39, 0.29) is 12.1 Å². The zero-order chi connectivity index (χ0) is 11.6. The van der Waals surface area contributed by atoms with Crippen LogP contribution in [0.5, 0.6) is 0 Å².